The fraction of sp³-hybridized carbons (Fsp3) is 0.214. The Kier molecular flexibility index (Phi) is 3.54. The second kappa shape index (κ2) is 5.28. The zero-order chi connectivity index (χ0) is 13.0. The first kappa shape index (κ1) is 12.1. The fourth-order valence-electron chi connectivity index (χ4n) is 1.66. The van der Waals surface area contributed by atoms with Crippen LogP contribution in [0.25, 0.3) is 11.3 Å². The van der Waals surface area contributed by atoms with E-state index < -0.39 is 0 Å². The zero-order valence-corrected chi connectivity index (χ0v) is 10.3. The molecule has 4 nitrogen and oxygen atoms in total. The van der Waals surface area contributed by atoms with Crippen molar-refractivity contribution in [1.29, 1.82) is 5.26 Å². The van der Waals surface area contributed by atoms with Crippen LogP contribution in [0.1, 0.15) is 18.4 Å². The molecule has 0 aliphatic carbocycles. The molecule has 0 aliphatic rings. The van der Waals surface area contributed by atoms with Crippen molar-refractivity contribution in [3.05, 3.63) is 41.9 Å². The van der Waals surface area contributed by atoms with E-state index in [4.69, 9.17) is 10.00 Å². The summed E-state index contributed by atoms with van der Waals surface area (Å²) in [6.07, 6.45) is 0. The predicted molar refractivity (Wildman–Crippen MR) is 68.1 cm³/mol. The molecule has 2 aromatic rings. The largest absolute Gasteiger partial charge is 0.494 e. The van der Waals surface area contributed by atoms with Gasteiger partial charge in [-0.2, -0.15) is 5.26 Å². The van der Waals surface area contributed by atoms with Crippen LogP contribution in [0.15, 0.2) is 30.3 Å². The number of rotatable bonds is 3. The molecule has 0 saturated heterocycles. The van der Waals surface area contributed by atoms with E-state index >= 15 is 0 Å². The topological polar surface area (TPSA) is 58.8 Å². The molecule has 0 atom stereocenters. The van der Waals surface area contributed by atoms with Crippen LogP contribution in [-0.4, -0.2) is 16.6 Å². The average molecular weight is 239 g/mol. The number of hydrogen-bond donors (Lipinski definition) is 0. The van der Waals surface area contributed by atoms with Crippen LogP contribution in [0, 0.1) is 18.3 Å². The second-order valence-electron chi connectivity index (χ2n) is 3.79. The minimum Gasteiger partial charge on any atom is -0.494 e. The quantitative estimate of drug-likeness (QED) is 0.826. The molecule has 0 radical (unpaired) electrons. The monoisotopic (exact) mass is 239 g/mol. The van der Waals surface area contributed by atoms with Crippen molar-refractivity contribution in [3.8, 4) is 23.1 Å². The molecule has 0 saturated carbocycles. The molecule has 1 aromatic heterocycles. The molecule has 0 aliphatic heterocycles. The molecular formula is C14H13N3O. The normalized spacial score (nSPS) is 9.83. The van der Waals surface area contributed by atoms with Gasteiger partial charge in [0.25, 0.3) is 0 Å². The Bertz CT molecular complexity index is 585. The highest BCUT2D eigenvalue weighted by molar-refractivity contribution is 5.60. The Balaban J connectivity index is 2.36. The van der Waals surface area contributed by atoms with E-state index in [1.165, 1.54) is 0 Å². The van der Waals surface area contributed by atoms with Crippen LogP contribution in [0.2, 0.25) is 0 Å². The van der Waals surface area contributed by atoms with E-state index in [2.05, 4.69) is 9.97 Å². The van der Waals surface area contributed by atoms with Gasteiger partial charge in [0.1, 0.15) is 11.8 Å². The van der Waals surface area contributed by atoms with Crippen molar-refractivity contribution in [3.63, 3.8) is 0 Å². The van der Waals surface area contributed by atoms with Crippen LogP contribution in [0.3, 0.4) is 0 Å². The van der Waals surface area contributed by atoms with E-state index in [-0.39, 0.29) is 5.82 Å². The lowest BCUT2D eigenvalue weighted by Gasteiger charge is -2.05. The van der Waals surface area contributed by atoms with Crippen molar-refractivity contribution in [1.82, 2.24) is 9.97 Å². The summed E-state index contributed by atoms with van der Waals surface area (Å²) in [4.78, 5) is 8.21. The van der Waals surface area contributed by atoms with Gasteiger partial charge in [-0.15, -0.1) is 0 Å². The third-order valence-electron chi connectivity index (χ3n) is 2.42. The van der Waals surface area contributed by atoms with E-state index in [9.17, 15) is 0 Å². The van der Waals surface area contributed by atoms with Gasteiger partial charge < -0.3 is 4.74 Å². The summed E-state index contributed by atoms with van der Waals surface area (Å²) >= 11 is 0. The summed E-state index contributed by atoms with van der Waals surface area (Å²) in [5.41, 5.74) is 2.48. The molecule has 2 rings (SSSR count). The molecule has 1 heterocycles. The molecule has 0 amide bonds. The molecule has 0 unspecified atom stereocenters. The second-order valence-corrected chi connectivity index (χ2v) is 3.79. The highest BCUT2D eigenvalue weighted by Gasteiger charge is 2.04. The maximum Gasteiger partial charge on any atom is 0.232 e. The number of benzene rings is 1. The molecule has 1 aromatic carbocycles. The molecule has 0 N–H and O–H groups in total. The highest BCUT2D eigenvalue weighted by atomic mass is 16.5. The molecule has 0 spiro atoms. The summed E-state index contributed by atoms with van der Waals surface area (Å²) < 4.78 is 5.38. The summed E-state index contributed by atoms with van der Waals surface area (Å²) in [6, 6.07) is 11.5. The van der Waals surface area contributed by atoms with Crippen LogP contribution < -0.4 is 4.74 Å². The van der Waals surface area contributed by atoms with Gasteiger partial charge in [-0.3, -0.25) is 0 Å². The van der Waals surface area contributed by atoms with Gasteiger partial charge in [-0.25, -0.2) is 9.97 Å². The van der Waals surface area contributed by atoms with Crippen molar-refractivity contribution in [2.24, 2.45) is 0 Å². The third kappa shape index (κ3) is 2.64. The summed E-state index contributed by atoms with van der Waals surface area (Å²) in [5.74, 6) is 1.02. The van der Waals surface area contributed by atoms with Crippen LogP contribution in [-0.2, 0) is 0 Å². The number of nitrogens with zero attached hydrogens (tertiary/aromatic N) is 3. The SMILES string of the molecule is CCOc1ccc(-c2cc(C)nc(C#N)n2)cc1. The van der Waals surface area contributed by atoms with E-state index in [1.807, 2.05) is 50.2 Å². The van der Waals surface area contributed by atoms with Crippen molar-refractivity contribution < 1.29 is 4.74 Å². The predicted octanol–water partition coefficient (Wildman–Crippen LogP) is 2.72. The average Bonchev–Trinajstić information content (AvgIpc) is 2.39. The Morgan fingerprint density at radius 2 is 1.94 bits per heavy atom. The van der Waals surface area contributed by atoms with Gasteiger partial charge in [0.15, 0.2) is 0 Å². The van der Waals surface area contributed by atoms with Gasteiger partial charge in [-0.05, 0) is 44.2 Å². The lowest BCUT2D eigenvalue weighted by molar-refractivity contribution is 0.340. The van der Waals surface area contributed by atoms with Gasteiger partial charge >= 0.3 is 0 Å². The standard InChI is InChI=1S/C14H13N3O/c1-3-18-12-6-4-11(5-7-12)13-8-10(2)16-14(9-15)17-13/h4-8H,3H2,1-2H3. The zero-order valence-electron chi connectivity index (χ0n) is 10.3. The molecule has 18 heavy (non-hydrogen) atoms. The first-order chi connectivity index (χ1) is 8.72. The lowest BCUT2D eigenvalue weighted by Crippen LogP contribution is -1.95. The number of aromatic nitrogens is 2. The van der Waals surface area contributed by atoms with Gasteiger partial charge in [-0.1, -0.05) is 0 Å². The van der Waals surface area contributed by atoms with Crippen molar-refractivity contribution in [2.75, 3.05) is 6.61 Å². The maximum absolute atomic E-state index is 8.85. The highest BCUT2D eigenvalue weighted by Crippen LogP contribution is 2.21. The lowest BCUT2D eigenvalue weighted by atomic mass is 10.1. The van der Waals surface area contributed by atoms with E-state index in [0.29, 0.717) is 6.61 Å². The fourth-order valence-corrected chi connectivity index (χ4v) is 1.66. The van der Waals surface area contributed by atoms with Gasteiger partial charge in [0.05, 0.1) is 12.3 Å². The molecule has 0 bridgehead atoms. The Morgan fingerprint density at radius 3 is 2.56 bits per heavy atom. The third-order valence-corrected chi connectivity index (χ3v) is 2.42. The molecule has 4 heteroatoms. The Labute approximate surface area is 106 Å². The van der Waals surface area contributed by atoms with Crippen LogP contribution >= 0.6 is 0 Å². The summed E-state index contributed by atoms with van der Waals surface area (Å²) in [5, 5.41) is 8.85. The molecule has 0 fully saturated rings. The van der Waals surface area contributed by atoms with E-state index in [1.54, 1.807) is 0 Å². The smallest absolute Gasteiger partial charge is 0.232 e. The molecular weight excluding hydrogens is 226 g/mol. The summed E-state index contributed by atoms with van der Waals surface area (Å²) in [6.45, 7) is 4.44. The first-order valence-corrected chi connectivity index (χ1v) is 5.72. The number of ether oxygens (including phenoxy) is 1. The first-order valence-electron chi connectivity index (χ1n) is 5.72. The number of aryl methyl sites for hydroxylation is 1. The minimum absolute atomic E-state index is 0.193. The van der Waals surface area contributed by atoms with Crippen molar-refractivity contribution in [2.45, 2.75) is 13.8 Å². The summed E-state index contributed by atoms with van der Waals surface area (Å²) in [7, 11) is 0. The Hall–Kier alpha value is -2.41. The van der Waals surface area contributed by atoms with E-state index in [0.717, 1.165) is 22.7 Å². The van der Waals surface area contributed by atoms with Crippen LogP contribution in [0.4, 0.5) is 0 Å². The molecule has 90 valence electrons. The van der Waals surface area contributed by atoms with Crippen LogP contribution in [0.5, 0.6) is 5.75 Å². The van der Waals surface area contributed by atoms with Crippen molar-refractivity contribution >= 4 is 0 Å². The Morgan fingerprint density at radius 1 is 1.22 bits per heavy atom. The number of nitriles is 1. The maximum atomic E-state index is 8.85. The van der Waals surface area contributed by atoms with Gasteiger partial charge in [0.2, 0.25) is 5.82 Å². The van der Waals surface area contributed by atoms with Gasteiger partial charge in [0, 0.05) is 11.3 Å². The minimum atomic E-state index is 0.193. The number of hydrogen-bond acceptors (Lipinski definition) is 4.